The fourth-order valence-corrected chi connectivity index (χ4v) is 2.80. The van der Waals surface area contributed by atoms with Crippen molar-refractivity contribution in [3.63, 3.8) is 0 Å². The van der Waals surface area contributed by atoms with E-state index in [1.807, 2.05) is 23.8 Å². The molecule has 3 rings (SSSR count). The predicted molar refractivity (Wildman–Crippen MR) is 93.5 cm³/mol. The van der Waals surface area contributed by atoms with Crippen molar-refractivity contribution in [3.05, 3.63) is 54.4 Å². The van der Waals surface area contributed by atoms with E-state index in [2.05, 4.69) is 15.6 Å². The van der Waals surface area contributed by atoms with Crippen molar-refractivity contribution in [1.29, 1.82) is 0 Å². The molecule has 1 saturated carbocycles. The number of rotatable bonds is 7. The molecule has 5 nitrogen and oxygen atoms in total. The van der Waals surface area contributed by atoms with Gasteiger partial charge in [-0.05, 0) is 37.5 Å². The van der Waals surface area contributed by atoms with E-state index in [1.165, 1.54) is 6.07 Å². The van der Waals surface area contributed by atoms with Gasteiger partial charge in [0.15, 0.2) is 5.96 Å². The molecule has 1 fully saturated rings. The van der Waals surface area contributed by atoms with Crippen LogP contribution in [0.4, 0.5) is 4.39 Å². The Hall–Kier alpha value is -2.37. The molecule has 1 aromatic carbocycles. The minimum Gasteiger partial charge on any atom is -0.357 e. The molecule has 0 atom stereocenters. The van der Waals surface area contributed by atoms with Crippen LogP contribution in [0.5, 0.6) is 0 Å². The van der Waals surface area contributed by atoms with Gasteiger partial charge in [-0.1, -0.05) is 12.1 Å². The molecule has 0 spiro atoms. The third-order valence-electron chi connectivity index (χ3n) is 4.40. The molecule has 1 aromatic heterocycles. The number of aromatic nitrogens is 2. The number of aliphatic imine (C=N–C) groups is 1. The monoisotopic (exact) mass is 329 g/mol. The number of hydrogen-bond donors (Lipinski definition) is 2. The van der Waals surface area contributed by atoms with E-state index < -0.39 is 0 Å². The summed E-state index contributed by atoms with van der Waals surface area (Å²) in [5, 5.41) is 6.60. The molecule has 0 bridgehead atoms. The van der Waals surface area contributed by atoms with Gasteiger partial charge in [-0.15, -0.1) is 0 Å². The summed E-state index contributed by atoms with van der Waals surface area (Å²) in [6.07, 6.45) is 7.64. The molecule has 24 heavy (non-hydrogen) atoms. The summed E-state index contributed by atoms with van der Waals surface area (Å²) in [7, 11) is 0. The van der Waals surface area contributed by atoms with Crippen molar-refractivity contribution in [1.82, 2.24) is 20.2 Å². The number of halogens is 1. The van der Waals surface area contributed by atoms with Crippen LogP contribution in [0.2, 0.25) is 0 Å². The molecular formula is C18H24FN5. The van der Waals surface area contributed by atoms with E-state index in [4.69, 9.17) is 4.99 Å². The van der Waals surface area contributed by atoms with Crippen LogP contribution in [-0.2, 0) is 12.0 Å². The number of guanidine groups is 1. The Morgan fingerprint density at radius 2 is 2.25 bits per heavy atom. The number of nitrogens with zero attached hydrogens (tertiary/aromatic N) is 3. The Morgan fingerprint density at radius 3 is 2.92 bits per heavy atom. The second kappa shape index (κ2) is 7.47. The molecule has 0 amide bonds. The summed E-state index contributed by atoms with van der Waals surface area (Å²) in [5.41, 5.74) is 1.06. The van der Waals surface area contributed by atoms with E-state index in [0.717, 1.165) is 44.0 Å². The van der Waals surface area contributed by atoms with Crippen LogP contribution in [0.1, 0.15) is 25.3 Å². The van der Waals surface area contributed by atoms with Gasteiger partial charge in [0, 0.05) is 37.4 Å². The lowest BCUT2D eigenvalue weighted by atomic mass is 9.96. The molecule has 128 valence electrons. The van der Waals surface area contributed by atoms with Crippen LogP contribution in [-0.4, -0.2) is 35.1 Å². The maximum Gasteiger partial charge on any atom is 0.191 e. The second-order valence-electron chi connectivity index (χ2n) is 6.21. The molecule has 1 aliphatic rings. The number of imidazole rings is 1. The summed E-state index contributed by atoms with van der Waals surface area (Å²) in [5.74, 6) is 0.633. The molecule has 1 aliphatic carbocycles. The summed E-state index contributed by atoms with van der Waals surface area (Å²) >= 11 is 0. The Balaban J connectivity index is 1.59. The highest BCUT2D eigenvalue weighted by molar-refractivity contribution is 5.79. The summed E-state index contributed by atoms with van der Waals surface area (Å²) in [4.78, 5) is 8.75. The molecule has 0 radical (unpaired) electrons. The van der Waals surface area contributed by atoms with Crippen LogP contribution >= 0.6 is 0 Å². The fourth-order valence-electron chi connectivity index (χ4n) is 2.80. The zero-order chi connectivity index (χ0) is 16.8. The quantitative estimate of drug-likeness (QED) is 0.605. The van der Waals surface area contributed by atoms with Crippen molar-refractivity contribution in [2.45, 2.75) is 31.7 Å². The molecule has 0 saturated heterocycles. The van der Waals surface area contributed by atoms with E-state index in [9.17, 15) is 4.39 Å². The Labute approximate surface area is 142 Å². The van der Waals surface area contributed by atoms with Gasteiger partial charge in [0.25, 0.3) is 0 Å². The van der Waals surface area contributed by atoms with Crippen LogP contribution in [0.15, 0.2) is 48.0 Å². The maximum absolute atomic E-state index is 13.5. The van der Waals surface area contributed by atoms with Gasteiger partial charge < -0.3 is 15.2 Å². The Kier molecular flexibility index (Phi) is 5.13. The number of hydrogen-bond acceptors (Lipinski definition) is 2. The molecule has 0 unspecified atom stereocenters. The van der Waals surface area contributed by atoms with Crippen LogP contribution < -0.4 is 10.6 Å². The summed E-state index contributed by atoms with van der Waals surface area (Å²) in [6, 6.07) is 6.92. The first-order valence-electron chi connectivity index (χ1n) is 8.46. The highest BCUT2D eigenvalue weighted by Gasteiger charge is 2.44. The van der Waals surface area contributed by atoms with Gasteiger partial charge in [0.2, 0.25) is 0 Å². The highest BCUT2D eigenvalue weighted by Crippen LogP contribution is 2.48. The smallest absolute Gasteiger partial charge is 0.191 e. The van der Waals surface area contributed by atoms with E-state index in [0.29, 0.717) is 6.54 Å². The number of benzene rings is 1. The van der Waals surface area contributed by atoms with Crippen molar-refractivity contribution < 1.29 is 4.39 Å². The molecule has 6 heteroatoms. The van der Waals surface area contributed by atoms with Crippen molar-refractivity contribution >= 4 is 5.96 Å². The number of nitrogens with one attached hydrogen (secondary N) is 2. The van der Waals surface area contributed by atoms with E-state index in [1.54, 1.807) is 24.7 Å². The van der Waals surface area contributed by atoms with Crippen molar-refractivity contribution in [2.24, 2.45) is 4.99 Å². The van der Waals surface area contributed by atoms with Gasteiger partial charge in [0.05, 0.1) is 12.9 Å². The normalized spacial score (nSPS) is 16.0. The van der Waals surface area contributed by atoms with Crippen LogP contribution in [0.25, 0.3) is 0 Å². The Morgan fingerprint density at radius 1 is 1.38 bits per heavy atom. The van der Waals surface area contributed by atoms with Gasteiger partial charge in [0.1, 0.15) is 5.82 Å². The Bertz CT molecular complexity index is 676. The highest BCUT2D eigenvalue weighted by atomic mass is 19.1. The van der Waals surface area contributed by atoms with Gasteiger partial charge >= 0.3 is 0 Å². The zero-order valence-electron chi connectivity index (χ0n) is 14.0. The molecule has 0 aliphatic heterocycles. The topological polar surface area (TPSA) is 54.2 Å². The molecule has 2 N–H and O–H groups in total. The van der Waals surface area contributed by atoms with Crippen LogP contribution in [0, 0.1) is 5.82 Å². The van der Waals surface area contributed by atoms with Gasteiger partial charge in [-0.2, -0.15) is 0 Å². The maximum atomic E-state index is 13.5. The average Bonchev–Trinajstić information content (AvgIpc) is 3.20. The SMILES string of the molecule is CCNC(=NCC1(c2cccc(F)c2)CC1)NCCn1ccnc1. The van der Waals surface area contributed by atoms with E-state index >= 15 is 0 Å². The van der Waals surface area contributed by atoms with Gasteiger partial charge in [-0.25, -0.2) is 9.37 Å². The van der Waals surface area contributed by atoms with Crippen molar-refractivity contribution in [2.75, 3.05) is 19.6 Å². The summed E-state index contributed by atoms with van der Waals surface area (Å²) < 4.78 is 15.5. The first kappa shape index (κ1) is 16.5. The fraction of sp³-hybridized carbons (Fsp3) is 0.444. The minimum atomic E-state index is -0.173. The summed E-state index contributed by atoms with van der Waals surface area (Å²) in [6.45, 7) is 5.14. The molecule has 1 heterocycles. The average molecular weight is 329 g/mol. The molecule has 2 aromatic rings. The van der Waals surface area contributed by atoms with Crippen molar-refractivity contribution in [3.8, 4) is 0 Å². The first-order chi connectivity index (χ1) is 11.7. The third kappa shape index (κ3) is 4.13. The third-order valence-corrected chi connectivity index (χ3v) is 4.40. The lowest BCUT2D eigenvalue weighted by Crippen LogP contribution is -2.39. The van der Waals surface area contributed by atoms with Gasteiger partial charge in [-0.3, -0.25) is 4.99 Å². The zero-order valence-corrected chi connectivity index (χ0v) is 14.0. The lowest BCUT2D eigenvalue weighted by Gasteiger charge is -2.16. The lowest BCUT2D eigenvalue weighted by molar-refractivity contribution is 0.615. The largest absolute Gasteiger partial charge is 0.357 e. The van der Waals surface area contributed by atoms with Crippen LogP contribution in [0.3, 0.4) is 0 Å². The van der Waals surface area contributed by atoms with E-state index in [-0.39, 0.29) is 11.2 Å². The second-order valence-corrected chi connectivity index (χ2v) is 6.21. The standard InChI is InChI=1S/C18H24FN5/c1-2-21-17(22-9-11-24-10-8-20-14-24)23-13-18(6-7-18)15-4-3-5-16(19)12-15/h3-5,8,10,12,14H,2,6-7,9,11,13H2,1H3,(H2,21,22,23). The minimum absolute atomic E-state index is 0.00873. The predicted octanol–water partition coefficient (Wildman–Crippen LogP) is 2.31. The first-order valence-corrected chi connectivity index (χ1v) is 8.46. The molecular weight excluding hydrogens is 305 g/mol.